The number of benzene rings is 2. The molecule has 0 aliphatic heterocycles. The molecule has 0 radical (unpaired) electrons. The van der Waals surface area contributed by atoms with Crippen LogP contribution in [0, 0.1) is 17.8 Å². The lowest BCUT2D eigenvalue weighted by molar-refractivity contribution is -0.00517. The maximum atomic E-state index is 9.62. The molecule has 3 aromatic rings. The van der Waals surface area contributed by atoms with Crippen molar-refractivity contribution in [2.75, 3.05) is 17.3 Å². The highest BCUT2D eigenvalue weighted by Gasteiger charge is 2.51. The van der Waals surface area contributed by atoms with Crippen molar-refractivity contribution in [1.29, 1.82) is 0 Å². The van der Waals surface area contributed by atoms with Crippen molar-refractivity contribution < 1.29 is 5.11 Å². The summed E-state index contributed by atoms with van der Waals surface area (Å²) in [6.45, 7) is -0.0368. The van der Waals surface area contributed by atoms with Crippen LogP contribution in [-0.4, -0.2) is 17.1 Å². The summed E-state index contributed by atoms with van der Waals surface area (Å²) in [5, 5.41) is 13.9. The third kappa shape index (κ3) is 3.87. The zero-order valence-electron chi connectivity index (χ0n) is 19.7. The van der Waals surface area contributed by atoms with Gasteiger partial charge in [-0.2, -0.15) is 0 Å². The molecule has 176 valence electrons. The monoisotopic (exact) mass is 473 g/mol. The molecular formula is C29H32ClN3O. The lowest BCUT2D eigenvalue weighted by Crippen LogP contribution is -2.48. The van der Waals surface area contributed by atoms with Gasteiger partial charge in [0.2, 0.25) is 0 Å². The van der Waals surface area contributed by atoms with E-state index in [1.165, 1.54) is 44.1 Å². The molecule has 0 spiro atoms. The van der Waals surface area contributed by atoms with Gasteiger partial charge in [0.25, 0.3) is 0 Å². The second-order valence-electron chi connectivity index (χ2n) is 10.8. The Bertz CT molecular complexity index is 1160. The van der Waals surface area contributed by atoms with E-state index in [0.717, 1.165) is 51.2 Å². The Hall–Kier alpha value is -2.56. The first kappa shape index (κ1) is 21.9. The first-order valence-corrected chi connectivity index (χ1v) is 12.9. The van der Waals surface area contributed by atoms with Gasteiger partial charge in [-0.3, -0.25) is 0 Å². The minimum Gasteiger partial charge on any atom is -0.392 e. The summed E-state index contributed by atoms with van der Waals surface area (Å²) >= 11 is 6.81. The van der Waals surface area contributed by atoms with E-state index in [2.05, 4.69) is 52.8 Å². The fraction of sp³-hybridized carbons (Fsp3) is 0.414. The second-order valence-corrected chi connectivity index (χ2v) is 11.2. The van der Waals surface area contributed by atoms with Crippen molar-refractivity contribution >= 4 is 34.5 Å². The smallest absolute Gasteiger partial charge is 0.138 e. The van der Waals surface area contributed by atoms with E-state index in [9.17, 15) is 5.11 Å². The molecule has 4 nitrogen and oxygen atoms in total. The minimum absolute atomic E-state index is 0.0368. The van der Waals surface area contributed by atoms with Gasteiger partial charge in [-0.25, -0.2) is 4.98 Å². The summed E-state index contributed by atoms with van der Waals surface area (Å²) in [4.78, 5) is 6.42. The zero-order chi connectivity index (χ0) is 23.3. The Labute approximate surface area is 207 Å². The molecule has 4 aliphatic carbocycles. The van der Waals surface area contributed by atoms with Crippen molar-refractivity contribution in [3.8, 4) is 0 Å². The van der Waals surface area contributed by atoms with Gasteiger partial charge in [-0.05, 0) is 110 Å². The van der Waals surface area contributed by atoms with Gasteiger partial charge in [0.1, 0.15) is 5.82 Å². The number of pyridine rings is 1. The molecule has 2 aromatic carbocycles. The van der Waals surface area contributed by atoms with Crippen molar-refractivity contribution in [2.45, 2.75) is 50.5 Å². The number of nitrogens with zero attached hydrogens (tertiary/aromatic N) is 2. The average molecular weight is 474 g/mol. The molecular weight excluding hydrogens is 442 g/mol. The predicted octanol–water partition coefficient (Wildman–Crippen LogP) is 7.21. The van der Waals surface area contributed by atoms with E-state index in [1.54, 1.807) is 6.20 Å². The summed E-state index contributed by atoms with van der Waals surface area (Å²) < 4.78 is 0. The highest BCUT2D eigenvalue weighted by Crippen LogP contribution is 2.61. The Morgan fingerprint density at radius 1 is 1.00 bits per heavy atom. The summed E-state index contributed by atoms with van der Waals surface area (Å²) in [5.74, 6) is 3.55. The second kappa shape index (κ2) is 8.58. The third-order valence-corrected chi connectivity index (χ3v) is 8.82. The van der Waals surface area contributed by atoms with Crippen LogP contribution in [0.3, 0.4) is 0 Å². The van der Waals surface area contributed by atoms with Gasteiger partial charge in [0.05, 0.1) is 17.3 Å². The summed E-state index contributed by atoms with van der Waals surface area (Å²) in [6, 6.07) is 18.7. The molecule has 4 saturated carbocycles. The molecule has 1 aromatic heterocycles. The number of aliphatic hydroxyl groups excluding tert-OH is 1. The van der Waals surface area contributed by atoms with Crippen LogP contribution in [0.4, 0.5) is 22.9 Å². The molecule has 34 heavy (non-hydrogen) atoms. The topological polar surface area (TPSA) is 48.4 Å². The Kier molecular flexibility index (Phi) is 5.54. The normalized spacial score (nSPS) is 27.1. The largest absolute Gasteiger partial charge is 0.392 e. The maximum absolute atomic E-state index is 9.62. The van der Waals surface area contributed by atoms with E-state index in [-0.39, 0.29) is 6.61 Å². The summed E-state index contributed by atoms with van der Waals surface area (Å²) in [6.07, 6.45) is 10.2. The first-order valence-electron chi connectivity index (χ1n) is 12.5. The summed E-state index contributed by atoms with van der Waals surface area (Å²) in [7, 11) is 1.96. The Balaban J connectivity index is 1.19. The molecule has 7 rings (SSSR count). The highest BCUT2D eigenvalue weighted by atomic mass is 35.5. The van der Waals surface area contributed by atoms with Crippen LogP contribution in [0.1, 0.15) is 49.7 Å². The molecule has 4 bridgehead atoms. The van der Waals surface area contributed by atoms with Crippen LogP contribution in [0.25, 0.3) is 0 Å². The number of rotatable bonds is 6. The van der Waals surface area contributed by atoms with Crippen LogP contribution in [-0.2, 0) is 12.0 Å². The van der Waals surface area contributed by atoms with Gasteiger partial charge < -0.3 is 15.3 Å². The van der Waals surface area contributed by atoms with Gasteiger partial charge >= 0.3 is 0 Å². The number of aliphatic hydroxyl groups is 1. The lowest BCUT2D eigenvalue weighted by atomic mass is 9.48. The number of aromatic nitrogens is 1. The van der Waals surface area contributed by atoms with E-state index in [4.69, 9.17) is 11.6 Å². The van der Waals surface area contributed by atoms with Crippen LogP contribution in [0.5, 0.6) is 0 Å². The maximum Gasteiger partial charge on any atom is 0.138 e. The van der Waals surface area contributed by atoms with Gasteiger partial charge in [0.15, 0.2) is 0 Å². The Morgan fingerprint density at radius 2 is 1.68 bits per heavy atom. The standard InChI is InChI=1S/C29H32ClN3O/c1-33(28-22(18-34)3-2-10-31-28)25-7-5-24(6-8-25)32-27-9-4-23(14-26(27)30)29-15-19-11-20(16-29)13-21(12-19)17-29/h2-10,14,19-21,32,34H,11-13,15-18H2,1H3. The van der Waals surface area contributed by atoms with Crippen molar-refractivity contribution in [1.82, 2.24) is 4.98 Å². The Morgan fingerprint density at radius 3 is 2.29 bits per heavy atom. The van der Waals surface area contributed by atoms with Gasteiger partial charge in [0, 0.05) is 30.2 Å². The fourth-order valence-corrected chi connectivity index (χ4v) is 7.54. The number of nitrogens with one attached hydrogen (secondary N) is 1. The summed E-state index contributed by atoms with van der Waals surface area (Å²) in [5.41, 5.74) is 5.56. The first-order chi connectivity index (χ1) is 16.5. The SMILES string of the molecule is CN(c1ccc(Nc2ccc(C34CC5CC(CC(C5)C3)C4)cc2Cl)cc1)c1ncccc1CO. The van der Waals surface area contributed by atoms with Crippen molar-refractivity contribution in [2.24, 2.45) is 17.8 Å². The van der Waals surface area contributed by atoms with E-state index in [0.29, 0.717) is 5.41 Å². The van der Waals surface area contributed by atoms with E-state index < -0.39 is 0 Å². The molecule has 2 N–H and O–H groups in total. The van der Waals surface area contributed by atoms with Crippen LogP contribution in [0.2, 0.25) is 5.02 Å². The van der Waals surface area contributed by atoms with Gasteiger partial charge in [-0.1, -0.05) is 23.7 Å². The van der Waals surface area contributed by atoms with Crippen molar-refractivity contribution in [3.63, 3.8) is 0 Å². The molecule has 4 aliphatic rings. The number of anilines is 4. The molecule has 4 fully saturated rings. The molecule has 5 heteroatoms. The minimum atomic E-state index is -0.0368. The third-order valence-electron chi connectivity index (χ3n) is 8.51. The number of halogens is 1. The molecule has 0 saturated heterocycles. The van der Waals surface area contributed by atoms with Crippen molar-refractivity contribution in [3.05, 3.63) is 76.9 Å². The number of hydrogen-bond acceptors (Lipinski definition) is 4. The van der Waals surface area contributed by atoms with E-state index in [1.807, 2.05) is 24.1 Å². The van der Waals surface area contributed by atoms with Crippen LogP contribution < -0.4 is 10.2 Å². The predicted molar refractivity (Wildman–Crippen MR) is 139 cm³/mol. The molecule has 0 unspecified atom stereocenters. The zero-order valence-corrected chi connectivity index (χ0v) is 20.4. The van der Waals surface area contributed by atoms with E-state index >= 15 is 0 Å². The van der Waals surface area contributed by atoms with Gasteiger partial charge in [-0.15, -0.1) is 0 Å². The molecule has 1 heterocycles. The fourth-order valence-electron chi connectivity index (χ4n) is 7.31. The van der Waals surface area contributed by atoms with Crippen LogP contribution in [0.15, 0.2) is 60.8 Å². The quantitative estimate of drug-likeness (QED) is 0.397. The highest BCUT2D eigenvalue weighted by molar-refractivity contribution is 6.33. The average Bonchev–Trinajstić information content (AvgIpc) is 2.84. The molecule has 0 amide bonds. The van der Waals surface area contributed by atoms with Crippen LogP contribution >= 0.6 is 11.6 Å². The number of hydrogen-bond donors (Lipinski definition) is 2. The lowest BCUT2D eigenvalue weighted by Gasteiger charge is -2.57. The molecule has 0 atom stereocenters.